The highest BCUT2D eigenvalue weighted by molar-refractivity contribution is 6.36. The third-order valence-corrected chi connectivity index (χ3v) is 15.2. The Morgan fingerprint density at radius 2 is 1.17 bits per heavy atom. The van der Waals surface area contributed by atoms with E-state index in [0.717, 1.165) is 92.6 Å². The molecule has 0 saturated heterocycles. The molecule has 2 atom stereocenters. The summed E-state index contributed by atoms with van der Waals surface area (Å²) in [6.07, 6.45) is 1.99. The summed E-state index contributed by atoms with van der Waals surface area (Å²) < 4.78 is 8.73. The van der Waals surface area contributed by atoms with E-state index >= 15 is 0 Å². The van der Waals surface area contributed by atoms with Crippen molar-refractivity contribution in [2.45, 2.75) is 91.4 Å². The molecular weight excluding hydrogens is 1050 g/mol. The highest BCUT2D eigenvalue weighted by atomic mass is 35.5. The molecule has 0 saturated carbocycles. The van der Waals surface area contributed by atoms with Crippen LogP contribution in [-0.2, 0) is 53.3 Å². The van der Waals surface area contributed by atoms with Crippen LogP contribution in [0.25, 0.3) is 22.1 Å². The van der Waals surface area contributed by atoms with Crippen molar-refractivity contribution in [1.82, 2.24) is 40.2 Å². The molecular formula is C57H56Cl4N8O7. The number of rotatable bonds is 12. The van der Waals surface area contributed by atoms with Gasteiger partial charge in [-0.1, -0.05) is 105 Å². The molecule has 394 valence electrons. The number of halogens is 4. The second kappa shape index (κ2) is 24.4. The Kier molecular flexibility index (Phi) is 17.8. The first kappa shape index (κ1) is 55.4. The highest BCUT2D eigenvalue weighted by Gasteiger charge is 2.28. The largest absolute Gasteiger partial charge is 0.481 e. The number of carbonyl (C=O) groups excluding carboxylic acids is 2. The number of hydrogen-bond donors (Lipinski definition) is 3. The lowest BCUT2D eigenvalue weighted by atomic mass is 9.83. The number of hydrogen-bond acceptors (Lipinski definition) is 10. The third-order valence-electron chi connectivity index (χ3n) is 14.1. The molecule has 76 heavy (non-hydrogen) atoms. The van der Waals surface area contributed by atoms with Gasteiger partial charge in [-0.2, -0.15) is 0 Å². The van der Waals surface area contributed by atoms with Crippen molar-refractivity contribution in [2.75, 3.05) is 20.2 Å². The summed E-state index contributed by atoms with van der Waals surface area (Å²) >= 11 is 23.5. The zero-order valence-electron chi connectivity index (χ0n) is 42.5. The number of carboxylic acid groups (broad SMARTS) is 2. The van der Waals surface area contributed by atoms with Gasteiger partial charge in [-0.15, -0.1) is 10.2 Å². The minimum absolute atomic E-state index is 0.0270. The molecule has 2 unspecified atom stereocenters. The predicted octanol–water partition coefficient (Wildman–Crippen LogP) is 11.7. The van der Waals surface area contributed by atoms with Gasteiger partial charge in [0.15, 0.2) is 0 Å². The Balaban J connectivity index is 0.000000172. The van der Waals surface area contributed by atoms with Crippen LogP contribution in [0.1, 0.15) is 115 Å². The lowest BCUT2D eigenvalue weighted by Crippen LogP contribution is -2.36. The predicted molar refractivity (Wildman–Crippen MR) is 295 cm³/mol. The van der Waals surface area contributed by atoms with Gasteiger partial charge in [0.05, 0.1) is 52.2 Å². The number of carbonyl (C=O) groups is 4. The van der Waals surface area contributed by atoms with Gasteiger partial charge in [0, 0.05) is 54.6 Å². The van der Waals surface area contributed by atoms with Gasteiger partial charge in [0.25, 0.3) is 5.91 Å². The number of aromatic carboxylic acids is 1. The smallest absolute Gasteiger partial charge is 0.337 e. The maximum Gasteiger partial charge on any atom is 0.337 e. The van der Waals surface area contributed by atoms with Crippen LogP contribution in [0.5, 0.6) is 0 Å². The van der Waals surface area contributed by atoms with E-state index in [2.05, 4.69) is 76.2 Å². The van der Waals surface area contributed by atoms with E-state index in [0.29, 0.717) is 53.1 Å². The van der Waals surface area contributed by atoms with Crippen LogP contribution in [0.15, 0.2) is 97.1 Å². The zero-order valence-corrected chi connectivity index (χ0v) is 45.6. The van der Waals surface area contributed by atoms with Crippen LogP contribution < -0.4 is 5.32 Å². The summed E-state index contributed by atoms with van der Waals surface area (Å²) in [6, 6.07) is 30.0. The van der Waals surface area contributed by atoms with Crippen LogP contribution in [0, 0.1) is 13.8 Å². The Morgan fingerprint density at radius 1 is 0.645 bits per heavy atom. The number of nitrogens with one attached hydrogen (secondary N) is 1. The van der Waals surface area contributed by atoms with Gasteiger partial charge >= 0.3 is 17.9 Å². The Morgan fingerprint density at radius 3 is 1.70 bits per heavy atom. The number of aliphatic carboxylic acids is 1. The lowest BCUT2D eigenvalue weighted by Gasteiger charge is -2.30. The maximum absolute atomic E-state index is 13.3. The maximum atomic E-state index is 13.3. The standard InChI is InChI=1S/C28H26Cl2N4O3.C22H26N4O2.C7H4Cl2O2/c1-3-34-25-9-7-21(16(2)27(25)31-32-34)22(14-26(35)36)18-5-4-17-10-11-33(15-19(17)12-18)28(37)23-13-20(29)6-8-24(23)30;1-4-26-20-8-7-18(14(2)22(20)24-25-26)19(12-21(27)28-3)16-6-5-15-9-10-23-13-17(15)11-16;8-4-1-2-6(9)5(3-4)7(10)11/h4-9,12-13,22H,3,10-11,14-15H2,1-2H3,(H,35,36);5-8,11,19,23H,4,9-10,12-13H2,1-3H3;1-3H,(H,10,11). The Bertz CT molecular complexity index is 3510. The van der Waals surface area contributed by atoms with E-state index in [4.69, 9.17) is 56.2 Å². The fraction of sp³-hybridized carbons (Fsp3) is 0.298. The van der Waals surface area contributed by atoms with Crippen molar-refractivity contribution >= 4 is 92.3 Å². The van der Waals surface area contributed by atoms with Crippen LogP contribution >= 0.6 is 46.4 Å². The van der Waals surface area contributed by atoms with E-state index < -0.39 is 11.9 Å². The Labute approximate surface area is 459 Å². The van der Waals surface area contributed by atoms with Crippen molar-refractivity contribution in [3.8, 4) is 0 Å². The number of amides is 1. The first-order valence-electron chi connectivity index (χ1n) is 24.8. The molecule has 0 bridgehead atoms. The molecule has 0 spiro atoms. The number of aromatic nitrogens is 6. The quantitative estimate of drug-likeness (QED) is 0.0981. The molecule has 2 aliphatic rings. The number of ether oxygens (including phenoxy) is 1. The van der Waals surface area contributed by atoms with Crippen molar-refractivity contribution in [1.29, 1.82) is 0 Å². The SMILES string of the molecule is CCn1nnc2c(C)c(C(CC(=O)O)c3ccc4c(c3)CN(C(=O)c3cc(Cl)ccc3Cl)CC4)ccc21.CCn1nnc2c(C)c(C(CC(=O)OC)c3ccc4c(c3)CNCC4)ccc21.O=C(O)c1cc(Cl)ccc1Cl. The van der Waals surface area contributed by atoms with E-state index in [-0.39, 0.29) is 40.7 Å². The van der Waals surface area contributed by atoms with E-state index in [1.807, 2.05) is 47.5 Å². The summed E-state index contributed by atoms with van der Waals surface area (Å²) in [4.78, 5) is 49.6. The molecule has 19 heteroatoms. The minimum Gasteiger partial charge on any atom is -0.481 e. The second-order valence-electron chi connectivity index (χ2n) is 18.6. The van der Waals surface area contributed by atoms with Crippen molar-refractivity contribution < 1.29 is 34.1 Å². The van der Waals surface area contributed by atoms with Crippen LogP contribution in [-0.4, -0.2) is 89.1 Å². The van der Waals surface area contributed by atoms with Crippen molar-refractivity contribution in [2.24, 2.45) is 0 Å². The average Bonchev–Trinajstić information content (AvgIpc) is 4.06. The highest BCUT2D eigenvalue weighted by Crippen LogP contribution is 2.37. The number of fused-ring (bicyclic) bond motifs is 4. The van der Waals surface area contributed by atoms with Crippen LogP contribution in [0.4, 0.5) is 0 Å². The summed E-state index contributed by atoms with van der Waals surface area (Å²) in [5, 5.41) is 40.3. The van der Waals surface area contributed by atoms with Gasteiger partial charge in [0.2, 0.25) is 0 Å². The van der Waals surface area contributed by atoms with Gasteiger partial charge in [-0.25, -0.2) is 14.2 Å². The van der Waals surface area contributed by atoms with Gasteiger partial charge < -0.3 is 25.2 Å². The van der Waals surface area contributed by atoms with Gasteiger partial charge in [-0.05, 0) is 151 Å². The van der Waals surface area contributed by atoms with E-state index in [1.165, 1.54) is 36.4 Å². The number of aryl methyl sites for hydroxylation is 4. The topological polar surface area (TPSA) is 195 Å². The summed E-state index contributed by atoms with van der Waals surface area (Å²) in [5.74, 6) is -2.78. The number of nitrogens with zero attached hydrogens (tertiary/aromatic N) is 7. The summed E-state index contributed by atoms with van der Waals surface area (Å²) in [7, 11) is 1.44. The van der Waals surface area contributed by atoms with E-state index in [9.17, 15) is 24.3 Å². The summed E-state index contributed by atoms with van der Waals surface area (Å²) in [6.45, 7) is 12.4. The molecule has 15 nitrogen and oxygen atoms in total. The van der Waals surface area contributed by atoms with Crippen LogP contribution in [0.3, 0.4) is 0 Å². The molecule has 0 radical (unpaired) electrons. The molecule has 4 heterocycles. The molecule has 10 rings (SSSR count). The third kappa shape index (κ3) is 12.2. The van der Waals surface area contributed by atoms with Crippen molar-refractivity contribution in [3.63, 3.8) is 0 Å². The molecule has 2 aromatic heterocycles. The molecule has 0 aliphatic carbocycles. The second-order valence-corrected chi connectivity index (χ2v) is 20.3. The van der Waals surface area contributed by atoms with E-state index in [1.54, 1.807) is 23.1 Å². The normalized spacial score (nSPS) is 13.6. The number of methoxy groups -OCH3 is 1. The lowest BCUT2D eigenvalue weighted by molar-refractivity contribution is -0.141. The first-order chi connectivity index (χ1) is 36.5. The fourth-order valence-corrected chi connectivity index (χ4v) is 10.7. The minimum atomic E-state index is -1.07. The molecule has 1 amide bonds. The number of carboxylic acids is 2. The molecule has 3 N–H and O–H groups in total. The zero-order chi connectivity index (χ0) is 54.4. The van der Waals surface area contributed by atoms with Gasteiger partial charge in [-0.3, -0.25) is 14.4 Å². The fourth-order valence-electron chi connectivity index (χ4n) is 10.0. The summed E-state index contributed by atoms with van der Waals surface area (Å²) in [5.41, 5.74) is 14.9. The van der Waals surface area contributed by atoms with Crippen molar-refractivity contribution in [3.05, 3.63) is 184 Å². The molecule has 8 aromatic rings. The Hall–Kier alpha value is -6.88. The monoisotopic (exact) mass is 1100 g/mol. The molecule has 2 aliphatic heterocycles. The average molecular weight is 1110 g/mol. The molecule has 0 fully saturated rings. The van der Waals surface area contributed by atoms with Gasteiger partial charge in [0.1, 0.15) is 11.0 Å². The molecule has 6 aromatic carbocycles. The van der Waals surface area contributed by atoms with Crippen LogP contribution in [0.2, 0.25) is 20.1 Å². The number of benzene rings is 6. The number of esters is 1. The first-order valence-corrected chi connectivity index (χ1v) is 26.3.